The normalized spacial score (nSPS) is 10.3. The molecule has 0 spiro atoms. The van der Waals surface area contributed by atoms with Crippen LogP contribution in [-0.2, 0) is 4.79 Å². The van der Waals surface area contributed by atoms with Crippen LogP contribution in [0.1, 0.15) is 0 Å². The first-order valence-corrected chi connectivity index (χ1v) is 6.38. The highest BCUT2D eigenvalue weighted by atomic mass is 35.5. The van der Waals surface area contributed by atoms with Crippen LogP contribution >= 0.6 is 23.4 Å². The third-order valence-electron chi connectivity index (χ3n) is 2.03. The molecule has 0 atom stereocenters. The second-order valence-electron chi connectivity index (χ2n) is 3.37. The number of oxazole rings is 1. The Morgan fingerprint density at radius 1 is 1.56 bits per heavy atom. The van der Waals surface area contributed by atoms with Crippen molar-refractivity contribution >= 4 is 40.6 Å². The van der Waals surface area contributed by atoms with Gasteiger partial charge in [0.1, 0.15) is 6.26 Å². The van der Waals surface area contributed by atoms with Crippen molar-refractivity contribution in [3.05, 3.63) is 35.7 Å². The van der Waals surface area contributed by atoms with E-state index >= 15 is 0 Å². The SMILES string of the molecule is Nc1ccc(Cl)cc1NC(=O)CSc1ncco1. The minimum atomic E-state index is -0.202. The summed E-state index contributed by atoms with van der Waals surface area (Å²) in [5.41, 5.74) is 6.68. The number of carbonyl (C=O) groups excluding carboxylic acids is 1. The Bertz CT molecular complexity index is 545. The number of benzene rings is 1. The molecule has 2 rings (SSSR count). The molecule has 0 aliphatic rings. The van der Waals surface area contributed by atoms with E-state index in [1.165, 1.54) is 24.2 Å². The largest absolute Gasteiger partial charge is 0.440 e. The predicted octanol–water partition coefficient (Wildman–Crippen LogP) is 2.64. The van der Waals surface area contributed by atoms with Gasteiger partial charge >= 0.3 is 0 Å². The number of hydrogen-bond donors (Lipinski definition) is 2. The van der Waals surface area contributed by atoms with Crippen LogP contribution in [0.15, 0.2) is 40.3 Å². The summed E-state index contributed by atoms with van der Waals surface area (Å²) < 4.78 is 5.00. The number of aromatic nitrogens is 1. The maximum atomic E-state index is 11.7. The highest BCUT2D eigenvalue weighted by molar-refractivity contribution is 7.99. The molecule has 0 aliphatic heterocycles. The summed E-state index contributed by atoms with van der Waals surface area (Å²) in [4.78, 5) is 15.6. The van der Waals surface area contributed by atoms with E-state index < -0.39 is 0 Å². The van der Waals surface area contributed by atoms with Crippen LogP contribution in [0.2, 0.25) is 5.02 Å². The summed E-state index contributed by atoms with van der Waals surface area (Å²) in [6.07, 6.45) is 2.98. The molecule has 1 heterocycles. The van der Waals surface area contributed by atoms with Crippen LogP contribution in [0.25, 0.3) is 0 Å². The molecule has 94 valence electrons. The first-order chi connectivity index (χ1) is 8.65. The van der Waals surface area contributed by atoms with Crippen LogP contribution in [-0.4, -0.2) is 16.6 Å². The fraction of sp³-hybridized carbons (Fsp3) is 0.0909. The second kappa shape index (κ2) is 5.79. The Morgan fingerprint density at radius 3 is 3.11 bits per heavy atom. The van der Waals surface area contributed by atoms with Crippen LogP contribution in [0.5, 0.6) is 0 Å². The van der Waals surface area contributed by atoms with Gasteiger partial charge in [-0.15, -0.1) is 0 Å². The summed E-state index contributed by atoms with van der Waals surface area (Å²) in [5, 5.41) is 3.64. The summed E-state index contributed by atoms with van der Waals surface area (Å²) in [5.74, 6) is -0.0147. The van der Waals surface area contributed by atoms with Gasteiger partial charge in [0.2, 0.25) is 5.91 Å². The van der Waals surface area contributed by atoms with Crippen molar-refractivity contribution in [1.29, 1.82) is 0 Å². The van der Waals surface area contributed by atoms with E-state index in [1.807, 2.05) is 0 Å². The monoisotopic (exact) mass is 283 g/mol. The lowest BCUT2D eigenvalue weighted by Gasteiger charge is -2.07. The van der Waals surface area contributed by atoms with Crippen molar-refractivity contribution in [3.8, 4) is 0 Å². The van der Waals surface area contributed by atoms with Gasteiger partial charge in [-0.05, 0) is 18.2 Å². The van der Waals surface area contributed by atoms with Crippen molar-refractivity contribution in [2.45, 2.75) is 5.22 Å². The van der Waals surface area contributed by atoms with E-state index in [1.54, 1.807) is 18.2 Å². The number of carbonyl (C=O) groups is 1. The molecule has 0 saturated carbocycles. The fourth-order valence-electron chi connectivity index (χ4n) is 1.23. The number of nitrogens with two attached hydrogens (primary N) is 1. The van der Waals surface area contributed by atoms with Crippen molar-refractivity contribution in [2.24, 2.45) is 0 Å². The van der Waals surface area contributed by atoms with E-state index in [9.17, 15) is 4.79 Å². The fourth-order valence-corrected chi connectivity index (χ4v) is 1.99. The van der Waals surface area contributed by atoms with Crippen molar-refractivity contribution < 1.29 is 9.21 Å². The van der Waals surface area contributed by atoms with Gasteiger partial charge in [-0.25, -0.2) is 4.98 Å². The zero-order valence-electron chi connectivity index (χ0n) is 9.22. The van der Waals surface area contributed by atoms with Gasteiger partial charge in [0, 0.05) is 5.02 Å². The van der Waals surface area contributed by atoms with Gasteiger partial charge in [0.25, 0.3) is 5.22 Å². The zero-order valence-corrected chi connectivity index (χ0v) is 10.8. The maximum absolute atomic E-state index is 11.7. The summed E-state index contributed by atoms with van der Waals surface area (Å²) in [6.45, 7) is 0. The molecule has 0 aliphatic carbocycles. The van der Waals surface area contributed by atoms with Gasteiger partial charge in [0.15, 0.2) is 0 Å². The quantitative estimate of drug-likeness (QED) is 0.666. The van der Waals surface area contributed by atoms with Crippen LogP contribution in [0, 0.1) is 0 Å². The molecule has 0 unspecified atom stereocenters. The van der Waals surface area contributed by atoms with Gasteiger partial charge in [-0.3, -0.25) is 4.79 Å². The second-order valence-corrected chi connectivity index (χ2v) is 4.73. The predicted molar refractivity (Wildman–Crippen MR) is 71.7 cm³/mol. The molecule has 1 amide bonds. The molecule has 7 heteroatoms. The van der Waals surface area contributed by atoms with Crippen LogP contribution < -0.4 is 11.1 Å². The number of rotatable bonds is 4. The maximum Gasteiger partial charge on any atom is 0.256 e. The summed E-state index contributed by atoms with van der Waals surface area (Å²) in [6, 6.07) is 4.90. The Labute approximate surface area is 113 Å². The molecule has 0 saturated heterocycles. The molecule has 3 N–H and O–H groups in total. The molecule has 1 aromatic carbocycles. The molecule has 1 aromatic heterocycles. The van der Waals surface area contributed by atoms with Crippen molar-refractivity contribution in [2.75, 3.05) is 16.8 Å². The average Bonchev–Trinajstić information content (AvgIpc) is 2.84. The van der Waals surface area contributed by atoms with Crippen molar-refractivity contribution in [1.82, 2.24) is 4.98 Å². The van der Waals surface area contributed by atoms with Crippen molar-refractivity contribution in [3.63, 3.8) is 0 Å². The molecule has 18 heavy (non-hydrogen) atoms. The lowest BCUT2D eigenvalue weighted by molar-refractivity contribution is -0.113. The number of anilines is 2. The standard InChI is InChI=1S/C11H10ClN3O2S/c12-7-1-2-8(13)9(5-7)15-10(16)6-18-11-14-3-4-17-11/h1-5H,6,13H2,(H,15,16). The van der Waals surface area contributed by atoms with Crippen LogP contribution in [0.3, 0.4) is 0 Å². The minimum absolute atomic E-state index is 0.187. The van der Waals surface area contributed by atoms with Gasteiger partial charge in [-0.2, -0.15) is 0 Å². The van der Waals surface area contributed by atoms with Gasteiger partial charge < -0.3 is 15.5 Å². The van der Waals surface area contributed by atoms with E-state index in [-0.39, 0.29) is 11.7 Å². The molecule has 0 bridgehead atoms. The topological polar surface area (TPSA) is 81.1 Å². The third kappa shape index (κ3) is 3.41. The molecule has 5 nitrogen and oxygen atoms in total. The lowest BCUT2D eigenvalue weighted by atomic mass is 10.2. The Balaban J connectivity index is 1.92. The molecule has 0 radical (unpaired) electrons. The highest BCUT2D eigenvalue weighted by Gasteiger charge is 2.08. The summed E-state index contributed by atoms with van der Waals surface area (Å²) in [7, 11) is 0. The molecular formula is C11H10ClN3O2S. The Morgan fingerprint density at radius 2 is 2.39 bits per heavy atom. The number of nitrogen functional groups attached to an aromatic ring is 1. The number of nitrogens with zero attached hydrogens (tertiary/aromatic N) is 1. The molecule has 0 fully saturated rings. The zero-order chi connectivity index (χ0) is 13.0. The number of nitrogens with one attached hydrogen (secondary N) is 1. The van der Waals surface area contributed by atoms with Gasteiger partial charge in [-0.1, -0.05) is 23.4 Å². The number of hydrogen-bond acceptors (Lipinski definition) is 5. The van der Waals surface area contributed by atoms with Gasteiger partial charge in [0.05, 0.1) is 23.3 Å². The van der Waals surface area contributed by atoms with E-state index in [4.69, 9.17) is 21.8 Å². The highest BCUT2D eigenvalue weighted by Crippen LogP contribution is 2.23. The van der Waals surface area contributed by atoms with E-state index in [0.717, 1.165) is 0 Å². The smallest absolute Gasteiger partial charge is 0.256 e. The Hall–Kier alpha value is -1.66. The average molecular weight is 284 g/mol. The number of thioether (sulfide) groups is 1. The number of halogens is 1. The number of amides is 1. The Kier molecular flexibility index (Phi) is 4.11. The van der Waals surface area contributed by atoms with E-state index in [0.29, 0.717) is 21.6 Å². The first-order valence-electron chi connectivity index (χ1n) is 5.02. The minimum Gasteiger partial charge on any atom is -0.440 e. The summed E-state index contributed by atoms with van der Waals surface area (Å²) >= 11 is 7.02. The third-order valence-corrected chi connectivity index (χ3v) is 3.12. The molecule has 2 aromatic rings. The molecular weight excluding hydrogens is 274 g/mol. The van der Waals surface area contributed by atoms with Crippen LogP contribution in [0.4, 0.5) is 11.4 Å². The first kappa shape index (κ1) is 12.8. The van der Waals surface area contributed by atoms with E-state index in [2.05, 4.69) is 10.3 Å². The lowest BCUT2D eigenvalue weighted by Crippen LogP contribution is -2.15.